The average molecular weight is 292 g/mol. The van der Waals surface area contributed by atoms with Gasteiger partial charge < -0.3 is 21.1 Å². The molecule has 1 saturated heterocycles. The van der Waals surface area contributed by atoms with Crippen molar-refractivity contribution in [2.75, 3.05) is 44.7 Å². The summed E-state index contributed by atoms with van der Waals surface area (Å²) in [4.78, 5) is 14.1. The number of morpholine rings is 1. The predicted octanol–water partition coefficient (Wildman–Crippen LogP) is 1.16. The zero-order valence-electron chi connectivity index (χ0n) is 12.5. The summed E-state index contributed by atoms with van der Waals surface area (Å²) < 4.78 is 5.28. The maximum atomic E-state index is 11.8. The Morgan fingerprint density at radius 1 is 1.33 bits per heavy atom. The maximum Gasteiger partial charge on any atom is 0.319 e. The van der Waals surface area contributed by atoms with E-state index < -0.39 is 0 Å². The van der Waals surface area contributed by atoms with Crippen molar-refractivity contribution < 1.29 is 9.53 Å². The van der Waals surface area contributed by atoms with E-state index in [2.05, 4.69) is 15.5 Å². The number of hydrogen-bond acceptors (Lipinski definition) is 4. The van der Waals surface area contributed by atoms with Crippen molar-refractivity contribution >= 4 is 11.7 Å². The molecule has 1 aliphatic rings. The fourth-order valence-electron chi connectivity index (χ4n) is 2.20. The summed E-state index contributed by atoms with van der Waals surface area (Å²) in [5.41, 5.74) is 7.60. The molecule has 0 radical (unpaired) electrons. The summed E-state index contributed by atoms with van der Waals surface area (Å²) in [6.45, 7) is 6.82. The molecule has 1 aliphatic heterocycles. The fraction of sp³-hybridized carbons (Fsp3) is 0.533. The molecule has 6 nitrogen and oxygen atoms in total. The van der Waals surface area contributed by atoms with Gasteiger partial charge in [-0.3, -0.25) is 4.90 Å². The summed E-state index contributed by atoms with van der Waals surface area (Å²) in [6, 6.07) is 7.39. The Morgan fingerprint density at radius 3 is 2.62 bits per heavy atom. The lowest BCUT2D eigenvalue weighted by Crippen LogP contribution is -2.42. The Balaban J connectivity index is 1.68. The van der Waals surface area contributed by atoms with Crippen molar-refractivity contribution in [2.24, 2.45) is 5.73 Å². The normalized spacial score (nSPS) is 17.2. The standard InChI is InChI=1S/C15H24N4O2/c1-12(16)13-2-4-14(5-3-13)18-15(20)17-6-7-19-8-10-21-11-9-19/h2-5,12H,6-11,16H2,1H3,(H2,17,18,20). The van der Waals surface area contributed by atoms with E-state index in [1.807, 2.05) is 31.2 Å². The number of nitrogens with one attached hydrogen (secondary N) is 2. The minimum Gasteiger partial charge on any atom is -0.379 e. The number of anilines is 1. The molecule has 1 aromatic carbocycles. The lowest BCUT2D eigenvalue weighted by molar-refractivity contribution is 0.0388. The molecule has 1 aromatic rings. The summed E-state index contributed by atoms with van der Waals surface area (Å²) >= 11 is 0. The van der Waals surface area contributed by atoms with Crippen LogP contribution in [0.1, 0.15) is 18.5 Å². The highest BCUT2D eigenvalue weighted by Gasteiger charge is 2.10. The third-order valence-electron chi connectivity index (χ3n) is 3.51. The molecule has 1 fully saturated rings. The van der Waals surface area contributed by atoms with Gasteiger partial charge in [0.15, 0.2) is 0 Å². The third kappa shape index (κ3) is 5.34. The van der Waals surface area contributed by atoms with E-state index in [1.54, 1.807) is 0 Å². The van der Waals surface area contributed by atoms with E-state index >= 15 is 0 Å². The quantitative estimate of drug-likeness (QED) is 0.761. The molecule has 1 heterocycles. The number of benzene rings is 1. The Bertz CT molecular complexity index is 441. The number of nitrogens with zero attached hydrogens (tertiary/aromatic N) is 1. The van der Waals surface area contributed by atoms with Crippen molar-refractivity contribution in [1.82, 2.24) is 10.2 Å². The van der Waals surface area contributed by atoms with Crippen molar-refractivity contribution in [3.63, 3.8) is 0 Å². The molecular weight excluding hydrogens is 268 g/mol. The van der Waals surface area contributed by atoms with Gasteiger partial charge in [-0.05, 0) is 24.6 Å². The number of amides is 2. The second-order valence-electron chi connectivity index (χ2n) is 5.25. The van der Waals surface area contributed by atoms with Crippen LogP contribution in [0.3, 0.4) is 0 Å². The molecule has 2 amide bonds. The largest absolute Gasteiger partial charge is 0.379 e. The molecule has 0 aromatic heterocycles. The summed E-state index contributed by atoms with van der Waals surface area (Å²) in [5, 5.41) is 5.67. The summed E-state index contributed by atoms with van der Waals surface area (Å²) in [5.74, 6) is 0. The Morgan fingerprint density at radius 2 is 2.00 bits per heavy atom. The van der Waals surface area contributed by atoms with Gasteiger partial charge in [0.25, 0.3) is 0 Å². The smallest absolute Gasteiger partial charge is 0.319 e. The summed E-state index contributed by atoms with van der Waals surface area (Å²) in [7, 11) is 0. The van der Waals surface area contributed by atoms with Crippen LogP contribution in [0.5, 0.6) is 0 Å². The van der Waals surface area contributed by atoms with Crippen LogP contribution < -0.4 is 16.4 Å². The van der Waals surface area contributed by atoms with Crippen LogP contribution in [-0.2, 0) is 4.74 Å². The van der Waals surface area contributed by atoms with E-state index in [1.165, 1.54) is 0 Å². The molecule has 21 heavy (non-hydrogen) atoms. The van der Waals surface area contributed by atoms with Gasteiger partial charge in [-0.15, -0.1) is 0 Å². The molecule has 4 N–H and O–H groups in total. The van der Waals surface area contributed by atoms with Gasteiger partial charge in [0.2, 0.25) is 0 Å². The van der Waals surface area contributed by atoms with Crippen LogP contribution in [-0.4, -0.2) is 50.3 Å². The van der Waals surface area contributed by atoms with Crippen molar-refractivity contribution in [2.45, 2.75) is 13.0 Å². The van der Waals surface area contributed by atoms with E-state index in [0.717, 1.165) is 44.1 Å². The van der Waals surface area contributed by atoms with E-state index in [9.17, 15) is 4.79 Å². The van der Waals surface area contributed by atoms with Crippen molar-refractivity contribution in [3.8, 4) is 0 Å². The summed E-state index contributed by atoms with van der Waals surface area (Å²) in [6.07, 6.45) is 0. The van der Waals surface area contributed by atoms with Crippen LogP contribution in [0, 0.1) is 0 Å². The van der Waals surface area contributed by atoms with Gasteiger partial charge in [-0.2, -0.15) is 0 Å². The van der Waals surface area contributed by atoms with Crippen LogP contribution in [0.2, 0.25) is 0 Å². The van der Waals surface area contributed by atoms with Crippen LogP contribution in [0.4, 0.5) is 10.5 Å². The molecule has 0 bridgehead atoms. The number of nitrogens with two attached hydrogens (primary N) is 1. The van der Waals surface area contributed by atoms with Crippen LogP contribution in [0.15, 0.2) is 24.3 Å². The number of hydrogen-bond donors (Lipinski definition) is 3. The SMILES string of the molecule is CC(N)c1ccc(NC(=O)NCCN2CCOCC2)cc1. The molecule has 0 spiro atoms. The van der Waals surface area contributed by atoms with Gasteiger partial charge in [0.05, 0.1) is 13.2 Å². The average Bonchev–Trinajstić information content (AvgIpc) is 2.49. The highest BCUT2D eigenvalue weighted by Crippen LogP contribution is 2.13. The Hall–Kier alpha value is -1.63. The number of carbonyl (C=O) groups is 1. The predicted molar refractivity (Wildman–Crippen MR) is 83.3 cm³/mol. The molecule has 116 valence electrons. The monoisotopic (exact) mass is 292 g/mol. The molecule has 1 unspecified atom stereocenters. The highest BCUT2D eigenvalue weighted by molar-refractivity contribution is 5.89. The van der Waals surface area contributed by atoms with E-state index in [4.69, 9.17) is 10.5 Å². The second kappa shape index (κ2) is 7.97. The van der Waals surface area contributed by atoms with Gasteiger partial charge >= 0.3 is 6.03 Å². The number of carbonyl (C=O) groups excluding carboxylic acids is 1. The van der Waals surface area contributed by atoms with E-state index in [0.29, 0.717) is 6.54 Å². The zero-order valence-corrected chi connectivity index (χ0v) is 12.5. The van der Waals surface area contributed by atoms with Crippen molar-refractivity contribution in [3.05, 3.63) is 29.8 Å². The first kappa shape index (κ1) is 15.8. The number of urea groups is 1. The zero-order chi connectivity index (χ0) is 15.1. The molecular formula is C15H24N4O2. The number of rotatable bonds is 5. The molecule has 0 saturated carbocycles. The topological polar surface area (TPSA) is 79.6 Å². The first-order valence-electron chi connectivity index (χ1n) is 7.35. The fourth-order valence-corrected chi connectivity index (χ4v) is 2.20. The molecule has 0 aliphatic carbocycles. The second-order valence-corrected chi connectivity index (χ2v) is 5.25. The third-order valence-corrected chi connectivity index (χ3v) is 3.51. The van der Waals surface area contributed by atoms with Crippen molar-refractivity contribution in [1.29, 1.82) is 0 Å². The van der Waals surface area contributed by atoms with Gasteiger partial charge in [-0.1, -0.05) is 12.1 Å². The van der Waals surface area contributed by atoms with Crippen LogP contribution >= 0.6 is 0 Å². The Kier molecular flexibility index (Phi) is 5.98. The lowest BCUT2D eigenvalue weighted by Gasteiger charge is -2.26. The Labute approximate surface area is 125 Å². The minimum absolute atomic E-state index is 0.00130. The van der Waals surface area contributed by atoms with Crippen LogP contribution in [0.25, 0.3) is 0 Å². The molecule has 6 heteroatoms. The first-order valence-corrected chi connectivity index (χ1v) is 7.35. The number of ether oxygens (including phenoxy) is 1. The lowest BCUT2D eigenvalue weighted by atomic mass is 10.1. The van der Waals surface area contributed by atoms with Gasteiger partial charge in [0.1, 0.15) is 0 Å². The van der Waals surface area contributed by atoms with E-state index in [-0.39, 0.29) is 12.1 Å². The minimum atomic E-state index is -0.184. The van der Waals surface area contributed by atoms with Gasteiger partial charge in [-0.25, -0.2) is 4.79 Å². The maximum absolute atomic E-state index is 11.8. The molecule has 2 rings (SSSR count). The van der Waals surface area contributed by atoms with Gasteiger partial charge in [0, 0.05) is 37.9 Å². The molecule has 1 atom stereocenters. The first-order chi connectivity index (χ1) is 10.1. The highest BCUT2D eigenvalue weighted by atomic mass is 16.5.